The Hall–Kier alpha value is -1.30. The highest BCUT2D eigenvalue weighted by atomic mass is 32.2. The highest BCUT2D eigenvalue weighted by Crippen LogP contribution is 2.03. The number of hydrogen-bond donors (Lipinski definition) is 1. The molecule has 88 valence electrons. The van der Waals surface area contributed by atoms with Gasteiger partial charge in [-0.1, -0.05) is 0 Å². The van der Waals surface area contributed by atoms with E-state index in [2.05, 4.69) is 10.3 Å². The van der Waals surface area contributed by atoms with Crippen molar-refractivity contribution in [2.45, 2.75) is 6.42 Å². The standard InChI is InChI=1S/C10H13FN2O2S/c1-16(15)6-2-4-13-10(14)8-3-5-12-7-9(8)11/h3,5,7H,2,4,6H2,1H3,(H,13,14). The molecule has 4 nitrogen and oxygen atoms in total. The molecule has 1 unspecified atom stereocenters. The van der Waals surface area contributed by atoms with E-state index in [1.54, 1.807) is 6.26 Å². The lowest BCUT2D eigenvalue weighted by Crippen LogP contribution is -2.26. The number of nitrogens with one attached hydrogen (secondary N) is 1. The number of amides is 1. The van der Waals surface area contributed by atoms with Gasteiger partial charge in [0.2, 0.25) is 0 Å². The molecule has 1 amide bonds. The van der Waals surface area contributed by atoms with Crippen molar-refractivity contribution in [1.29, 1.82) is 0 Å². The minimum Gasteiger partial charge on any atom is -0.352 e. The van der Waals surface area contributed by atoms with Crippen molar-refractivity contribution in [3.63, 3.8) is 0 Å². The third-order valence-electron chi connectivity index (χ3n) is 1.91. The van der Waals surface area contributed by atoms with Gasteiger partial charge in [-0.3, -0.25) is 14.0 Å². The Kier molecular flexibility index (Phi) is 5.04. The van der Waals surface area contributed by atoms with Crippen LogP contribution in [-0.2, 0) is 10.8 Å². The Morgan fingerprint density at radius 2 is 2.38 bits per heavy atom. The molecule has 0 aliphatic rings. The fraction of sp³-hybridized carbons (Fsp3) is 0.400. The second-order valence-electron chi connectivity index (χ2n) is 3.24. The van der Waals surface area contributed by atoms with E-state index >= 15 is 0 Å². The molecule has 1 atom stereocenters. The number of carbonyl (C=O) groups is 1. The van der Waals surface area contributed by atoms with Crippen molar-refractivity contribution < 1.29 is 13.4 Å². The smallest absolute Gasteiger partial charge is 0.254 e. The molecule has 6 heteroatoms. The summed E-state index contributed by atoms with van der Waals surface area (Å²) in [7, 11) is -0.865. The summed E-state index contributed by atoms with van der Waals surface area (Å²) in [5.41, 5.74) is -0.0207. The Morgan fingerprint density at radius 1 is 1.62 bits per heavy atom. The third-order valence-corrected chi connectivity index (χ3v) is 2.77. The molecule has 0 aliphatic carbocycles. The molecule has 1 N–H and O–H groups in total. The monoisotopic (exact) mass is 244 g/mol. The number of pyridine rings is 1. The predicted molar refractivity (Wildman–Crippen MR) is 60.1 cm³/mol. The van der Waals surface area contributed by atoms with Gasteiger partial charge in [0.25, 0.3) is 5.91 Å². The molecule has 0 saturated heterocycles. The minimum absolute atomic E-state index is 0.0207. The lowest BCUT2D eigenvalue weighted by atomic mass is 10.2. The van der Waals surface area contributed by atoms with Crippen molar-refractivity contribution in [3.05, 3.63) is 29.8 Å². The van der Waals surface area contributed by atoms with Crippen LogP contribution < -0.4 is 5.32 Å². The second-order valence-corrected chi connectivity index (χ2v) is 4.80. The van der Waals surface area contributed by atoms with Gasteiger partial charge >= 0.3 is 0 Å². The van der Waals surface area contributed by atoms with E-state index in [-0.39, 0.29) is 5.56 Å². The van der Waals surface area contributed by atoms with Crippen LogP contribution >= 0.6 is 0 Å². The largest absolute Gasteiger partial charge is 0.352 e. The molecule has 0 aliphatic heterocycles. The lowest BCUT2D eigenvalue weighted by molar-refractivity contribution is 0.0949. The van der Waals surface area contributed by atoms with Gasteiger partial charge in [0.05, 0.1) is 11.8 Å². The highest BCUT2D eigenvalue weighted by Gasteiger charge is 2.09. The first-order chi connectivity index (χ1) is 7.61. The van der Waals surface area contributed by atoms with Crippen LogP contribution in [0.4, 0.5) is 4.39 Å². The molecular formula is C10H13FN2O2S. The third kappa shape index (κ3) is 4.06. The van der Waals surface area contributed by atoms with Crippen LogP contribution in [0.1, 0.15) is 16.8 Å². The first-order valence-corrected chi connectivity index (χ1v) is 6.51. The minimum atomic E-state index is -0.865. The molecule has 1 aromatic heterocycles. The maximum atomic E-state index is 13.1. The second kappa shape index (κ2) is 6.32. The van der Waals surface area contributed by atoms with E-state index in [1.165, 1.54) is 12.3 Å². The van der Waals surface area contributed by atoms with Crippen molar-refractivity contribution in [2.24, 2.45) is 0 Å². The van der Waals surface area contributed by atoms with Gasteiger partial charge in [-0.15, -0.1) is 0 Å². The zero-order valence-corrected chi connectivity index (χ0v) is 9.72. The molecule has 1 rings (SSSR count). The van der Waals surface area contributed by atoms with Crippen LogP contribution in [0.3, 0.4) is 0 Å². The van der Waals surface area contributed by atoms with E-state index in [1.807, 2.05) is 0 Å². The van der Waals surface area contributed by atoms with Crippen LogP contribution in [0.25, 0.3) is 0 Å². The van der Waals surface area contributed by atoms with Crippen LogP contribution in [0.5, 0.6) is 0 Å². The number of rotatable bonds is 5. The van der Waals surface area contributed by atoms with Gasteiger partial charge in [-0.25, -0.2) is 4.39 Å². The zero-order valence-electron chi connectivity index (χ0n) is 8.90. The van der Waals surface area contributed by atoms with Crippen LogP contribution in [0.2, 0.25) is 0 Å². The molecule has 1 aromatic rings. The lowest BCUT2D eigenvalue weighted by Gasteiger charge is -2.04. The molecule has 0 fully saturated rings. The van der Waals surface area contributed by atoms with Crippen LogP contribution in [0, 0.1) is 5.82 Å². The molecule has 16 heavy (non-hydrogen) atoms. The summed E-state index contributed by atoms with van der Waals surface area (Å²) in [5.74, 6) is -0.583. The Bertz CT molecular complexity index is 398. The maximum Gasteiger partial charge on any atom is 0.254 e. The molecule has 0 aromatic carbocycles. The number of hydrogen-bond acceptors (Lipinski definition) is 3. The fourth-order valence-corrected chi connectivity index (χ4v) is 1.68. The van der Waals surface area contributed by atoms with E-state index in [0.29, 0.717) is 18.7 Å². The summed E-state index contributed by atoms with van der Waals surface area (Å²) in [6.45, 7) is 0.389. The predicted octanol–water partition coefficient (Wildman–Crippen LogP) is 0.719. The molecule has 1 heterocycles. The Labute approximate surface area is 95.7 Å². The summed E-state index contributed by atoms with van der Waals surface area (Å²) < 4.78 is 23.8. The number of halogens is 1. The van der Waals surface area contributed by atoms with E-state index < -0.39 is 22.5 Å². The Balaban J connectivity index is 2.41. The average molecular weight is 244 g/mol. The normalized spacial score (nSPS) is 12.1. The quantitative estimate of drug-likeness (QED) is 0.776. The number of carbonyl (C=O) groups excluding carboxylic acids is 1. The maximum absolute atomic E-state index is 13.1. The summed E-state index contributed by atoms with van der Waals surface area (Å²) in [6.07, 6.45) is 4.57. The molecule has 0 saturated carbocycles. The first-order valence-electron chi connectivity index (χ1n) is 4.79. The van der Waals surface area contributed by atoms with E-state index in [9.17, 15) is 13.4 Å². The Morgan fingerprint density at radius 3 is 3.00 bits per heavy atom. The van der Waals surface area contributed by atoms with Crippen LogP contribution in [-0.4, -0.2) is 33.7 Å². The average Bonchev–Trinajstić information content (AvgIpc) is 2.24. The molecular weight excluding hydrogens is 231 g/mol. The van der Waals surface area contributed by atoms with Crippen molar-refractivity contribution >= 4 is 16.7 Å². The molecule has 0 radical (unpaired) electrons. The van der Waals surface area contributed by atoms with Crippen molar-refractivity contribution in [2.75, 3.05) is 18.6 Å². The topological polar surface area (TPSA) is 59.1 Å². The molecule has 0 bridgehead atoms. The number of aromatic nitrogens is 1. The first kappa shape index (κ1) is 12.8. The van der Waals surface area contributed by atoms with Gasteiger partial charge < -0.3 is 5.32 Å². The highest BCUT2D eigenvalue weighted by molar-refractivity contribution is 7.84. The van der Waals surface area contributed by atoms with E-state index in [4.69, 9.17) is 0 Å². The molecule has 0 spiro atoms. The fourth-order valence-electron chi connectivity index (χ4n) is 1.13. The summed E-state index contributed by atoms with van der Waals surface area (Å²) in [4.78, 5) is 15.0. The van der Waals surface area contributed by atoms with Gasteiger partial charge in [-0.2, -0.15) is 0 Å². The summed E-state index contributed by atoms with van der Waals surface area (Å²) >= 11 is 0. The van der Waals surface area contributed by atoms with Gasteiger partial charge in [0, 0.05) is 35.5 Å². The van der Waals surface area contributed by atoms with Crippen LogP contribution in [0.15, 0.2) is 18.5 Å². The van der Waals surface area contributed by atoms with Gasteiger partial charge in [0.15, 0.2) is 5.82 Å². The van der Waals surface area contributed by atoms with E-state index in [0.717, 1.165) is 6.20 Å². The van der Waals surface area contributed by atoms with Crippen molar-refractivity contribution in [1.82, 2.24) is 10.3 Å². The van der Waals surface area contributed by atoms with Gasteiger partial charge in [0.1, 0.15) is 0 Å². The SMILES string of the molecule is CS(=O)CCCNC(=O)c1ccncc1F. The van der Waals surface area contributed by atoms with Crippen molar-refractivity contribution in [3.8, 4) is 0 Å². The number of nitrogens with zero attached hydrogens (tertiary/aromatic N) is 1. The van der Waals surface area contributed by atoms with Gasteiger partial charge in [-0.05, 0) is 12.5 Å². The summed E-state index contributed by atoms with van der Waals surface area (Å²) in [5, 5.41) is 2.55. The summed E-state index contributed by atoms with van der Waals surface area (Å²) in [6, 6.07) is 1.32. The zero-order chi connectivity index (χ0) is 12.0.